The van der Waals surface area contributed by atoms with Crippen molar-refractivity contribution in [3.8, 4) is 0 Å². The van der Waals surface area contributed by atoms with Crippen molar-refractivity contribution in [1.29, 1.82) is 0 Å². The van der Waals surface area contributed by atoms with Gasteiger partial charge in [0.25, 0.3) is 0 Å². The first-order valence-corrected chi connectivity index (χ1v) is 2.68. The molecule has 0 fully saturated rings. The molecule has 0 bridgehead atoms. The maximum absolute atomic E-state index is 10.4. The van der Waals surface area contributed by atoms with Gasteiger partial charge in [-0.15, -0.1) is 0 Å². The number of thiocarbonyl (C=S) groups is 1. The van der Waals surface area contributed by atoms with Gasteiger partial charge in [0.15, 0.2) is 5.78 Å². The van der Waals surface area contributed by atoms with Crippen LogP contribution in [0.5, 0.6) is 0 Å². The molecule has 46 valence electrons. The number of Topliss-reactive ketones (excluding diaryl/α,β-unsaturated/α-hetero) is 1. The Morgan fingerprint density at radius 3 is 1.88 bits per heavy atom. The van der Waals surface area contributed by atoms with Crippen LogP contribution in [0.4, 0.5) is 0 Å². The van der Waals surface area contributed by atoms with Crippen LogP contribution in [0.3, 0.4) is 0 Å². The first-order chi connectivity index (χ1) is 3.55. The van der Waals surface area contributed by atoms with Gasteiger partial charge in [0.05, 0.1) is 0 Å². The predicted octanol–water partition coefficient (Wildman–Crippen LogP) is 0.464. The lowest BCUT2D eigenvalue weighted by Crippen LogP contribution is -2.25. The second kappa shape index (κ2) is 2.77. The first kappa shape index (κ1) is 7.56. The van der Waals surface area contributed by atoms with Crippen LogP contribution in [0, 0.1) is 0 Å². The highest BCUT2D eigenvalue weighted by Gasteiger charge is 2.01. The standard InChI is InChI=1S/C5H9NOS/c1-4(7)5(8)6(2)3/h1-3H3. The molecule has 0 saturated heterocycles. The maximum atomic E-state index is 10.4. The monoisotopic (exact) mass is 131 g/mol. The molecule has 0 atom stereocenters. The normalized spacial score (nSPS) is 8.38. The molecule has 0 amide bonds. The molecule has 2 nitrogen and oxygen atoms in total. The number of carbonyl (C=O) groups excluding carboxylic acids is 1. The van der Waals surface area contributed by atoms with E-state index in [1.807, 2.05) is 0 Å². The number of hydrogen-bond acceptors (Lipinski definition) is 2. The summed E-state index contributed by atoms with van der Waals surface area (Å²) in [6.45, 7) is 1.46. The Morgan fingerprint density at radius 1 is 1.50 bits per heavy atom. The minimum atomic E-state index is -0.0509. The van der Waals surface area contributed by atoms with Crippen LogP contribution >= 0.6 is 12.2 Å². The molecule has 8 heavy (non-hydrogen) atoms. The molecule has 3 heteroatoms. The summed E-state index contributed by atoms with van der Waals surface area (Å²) in [6.07, 6.45) is 0. The lowest BCUT2D eigenvalue weighted by Gasteiger charge is -2.08. The zero-order valence-corrected chi connectivity index (χ0v) is 6.08. The molecule has 0 aliphatic carbocycles. The molecular weight excluding hydrogens is 122 g/mol. The summed E-state index contributed by atoms with van der Waals surface area (Å²) in [7, 11) is 3.51. The quantitative estimate of drug-likeness (QED) is 0.482. The molecule has 0 N–H and O–H groups in total. The molecule has 0 heterocycles. The average molecular weight is 131 g/mol. The molecule has 0 aromatic rings. The van der Waals surface area contributed by atoms with Gasteiger partial charge >= 0.3 is 0 Å². The Bertz CT molecular complexity index is 120. The van der Waals surface area contributed by atoms with Crippen molar-refractivity contribution in [3.05, 3.63) is 0 Å². The molecule has 0 saturated carbocycles. The van der Waals surface area contributed by atoms with Crippen molar-refractivity contribution in [2.45, 2.75) is 6.92 Å². The van der Waals surface area contributed by atoms with Crippen LogP contribution in [0.15, 0.2) is 0 Å². The van der Waals surface area contributed by atoms with Gasteiger partial charge in [0.2, 0.25) is 0 Å². The van der Waals surface area contributed by atoms with E-state index in [9.17, 15) is 4.79 Å². The molecule has 0 aromatic heterocycles. The van der Waals surface area contributed by atoms with Crippen molar-refractivity contribution >= 4 is 23.0 Å². The first-order valence-electron chi connectivity index (χ1n) is 2.28. The predicted molar refractivity (Wildman–Crippen MR) is 37.0 cm³/mol. The minimum absolute atomic E-state index is 0.0509. The van der Waals surface area contributed by atoms with Crippen molar-refractivity contribution in [2.75, 3.05) is 14.1 Å². The van der Waals surface area contributed by atoms with Gasteiger partial charge in [0, 0.05) is 21.0 Å². The zero-order valence-electron chi connectivity index (χ0n) is 5.26. The second-order valence-electron chi connectivity index (χ2n) is 1.76. The largest absolute Gasteiger partial charge is 0.366 e. The van der Waals surface area contributed by atoms with Crippen LogP contribution < -0.4 is 0 Å². The Morgan fingerprint density at radius 2 is 1.88 bits per heavy atom. The summed E-state index contributed by atoms with van der Waals surface area (Å²) in [5.41, 5.74) is 0. The smallest absolute Gasteiger partial charge is 0.186 e. The summed E-state index contributed by atoms with van der Waals surface area (Å²) in [4.78, 5) is 12.4. The van der Waals surface area contributed by atoms with Gasteiger partial charge in [-0.05, 0) is 0 Å². The van der Waals surface area contributed by atoms with E-state index in [2.05, 4.69) is 12.2 Å². The van der Waals surface area contributed by atoms with E-state index in [1.165, 1.54) is 6.92 Å². The van der Waals surface area contributed by atoms with Crippen LogP contribution in [-0.4, -0.2) is 29.8 Å². The highest BCUT2D eigenvalue weighted by molar-refractivity contribution is 7.81. The van der Waals surface area contributed by atoms with E-state index in [0.717, 1.165) is 0 Å². The third-order valence-electron chi connectivity index (χ3n) is 0.707. The second-order valence-corrected chi connectivity index (χ2v) is 2.14. The molecule has 0 radical (unpaired) electrons. The van der Waals surface area contributed by atoms with Gasteiger partial charge in [-0.2, -0.15) is 0 Å². The van der Waals surface area contributed by atoms with Crippen LogP contribution in [0.25, 0.3) is 0 Å². The lowest BCUT2D eigenvalue weighted by molar-refractivity contribution is -0.111. The third-order valence-corrected chi connectivity index (χ3v) is 1.36. The molecular formula is C5H9NOS. The number of likely N-dealkylation sites (N-methyl/N-ethyl adjacent to an activating group) is 1. The fourth-order valence-electron chi connectivity index (χ4n) is 0.315. The fraction of sp³-hybridized carbons (Fsp3) is 0.600. The van der Waals surface area contributed by atoms with Crippen LogP contribution in [0.2, 0.25) is 0 Å². The maximum Gasteiger partial charge on any atom is 0.186 e. The number of carbonyl (C=O) groups is 1. The topological polar surface area (TPSA) is 20.3 Å². The van der Waals surface area contributed by atoms with E-state index >= 15 is 0 Å². The van der Waals surface area contributed by atoms with Crippen molar-refractivity contribution in [3.63, 3.8) is 0 Å². The number of ketones is 1. The van der Waals surface area contributed by atoms with E-state index in [-0.39, 0.29) is 5.78 Å². The average Bonchev–Trinajstić information content (AvgIpc) is 1.64. The van der Waals surface area contributed by atoms with Crippen molar-refractivity contribution < 1.29 is 4.79 Å². The molecule has 0 aliphatic rings. The van der Waals surface area contributed by atoms with Gasteiger partial charge in [-0.1, -0.05) is 12.2 Å². The molecule has 0 aliphatic heterocycles. The Labute approximate surface area is 54.5 Å². The van der Waals surface area contributed by atoms with Gasteiger partial charge in [0.1, 0.15) is 4.99 Å². The summed E-state index contributed by atoms with van der Waals surface area (Å²) < 4.78 is 0. The number of rotatable bonds is 1. The highest BCUT2D eigenvalue weighted by Crippen LogP contribution is 1.82. The molecule has 0 spiro atoms. The van der Waals surface area contributed by atoms with E-state index in [1.54, 1.807) is 19.0 Å². The van der Waals surface area contributed by atoms with E-state index < -0.39 is 0 Å². The Balaban J connectivity index is 3.84. The summed E-state index contributed by atoms with van der Waals surface area (Å²) >= 11 is 4.68. The molecule has 0 unspecified atom stereocenters. The summed E-state index contributed by atoms with van der Waals surface area (Å²) in [6, 6.07) is 0. The van der Waals surface area contributed by atoms with E-state index in [4.69, 9.17) is 0 Å². The zero-order chi connectivity index (χ0) is 6.73. The van der Waals surface area contributed by atoms with Crippen LogP contribution in [-0.2, 0) is 4.79 Å². The molecule has 0 rings (SSSR count). The van der Waals surface area contributed by atoms with Crippen molar-refractivity contribution in [1.82, 2.24) is 4.90 Å². The van der Waals surface area contributed by atoms with Crippen LogP contribution in [0.1, 0.15) is 6.92 Å². The Kier molecular flexibility index (Phi) is 2.62. The minimum Gasteiger partial charge on any atom is -0.366 e. The lowest BCUT2D eigenvalue weighted by atomic mass is 10.4. The number of nitrogens with zero attached hydrogens (tertiary/aromatic N) is 1. The fourth-order valence-corrected chi connectivity index (χ4v) is 0.315. The van der Waals surface area contributed by atoms with Gasteiger partial charge in [-0.25, -0.2) is 0 Å². The van der Waals surface area contributed by atoms with E-state index in [0.29, 0.717) is 4.99 Å². The third kappa shape index (κ3) is 2.02. The van der Waals surface area contributed by atoms with Gasteiger partial charge in [-0.3, -0.25) is 4.79 Å². The molecule has 0 aromatic carbocycles. The number of hydrogen-bond donors (Lipinski definition) is 0. The summed E-state index contributed by atoms with van der Waals surface area (Å²) in [5.74, 6) is -0.0509. The van der Waals surface area contributed by atoms with Crippen molar-refractivity contribution in [2.24, 2.45) is 0 Å². The Hall–Kier alpha value is -0.440. The summed E-state index contributed by atoms with van der Waals surface area (Å²) in [5, 5.41) is 0. The van der Waals surface area contributed by atoms with Gasteiger partial charge < -0.3 is 4.90 Å². The SMILES string of the molecule is CC(=O)C(=S)N(C)C. The highest BCUT2D eigenvalue weighted by atomic mass is 32.1.